The average molecular weight is 298 g/mol. The van der Waals surface area contributed by atoms with Gasteiger partial charge in [0.25, 0.3) is 0 Å². The van der Waals surface area contributed by atoms with Gasteiger partial charge < -0.3 is 14.2 Å². The lowest BCUT2D eigenvalue weighted by atomic mass is 10.0. The van der Waals surface area contributed by atoms with Gasteiger partial charge in [0, 0.05) is 4.43 Å². The molecule has 1 atom stereocenters. The van der Waals surface area contributed by atoms with E-state index in [1.807, 2.05) is 0 Å². The summed E-state index contributed by atoms with van der Waals surface area (Å²) < 4.78 is 18.0. The van der Waals surface area contributed by atoms with E-state index in [4.69, 9.17) is 14.2 Å². The van der Waals surface area contributed by atoms with E-state index in [1.165, 1.54) is 0 Å². The van der Waals surface area contributed by atoms with E-state index in [-0.39, 0.29) is 5.60 Å². The van der Waals surface area contributed by atoms with E-state index < -0.39 is 0 Å². The highest BCUT2D eigenvalue weighted by molar-refractivity contribution is 14.1. The zero-order valence-corrected chi connectivity index (χ0v) is 9.79. The van der Waals surface area contributed by atoms with E-state index in [1.54, 1.807) is 0 Å². The average Bonchev–Trinajstić information content (AvgIpc) is 2.40. The second-order valence-corrected chi connectivity index (χ2v) is 4.60. The van der Waals surface area contributed by atoms with Crippen LogP contribution in [0.1, 0.15) is 12.8 Å². The van der Waals surface area contributed by atoms with Crippen LogP contribution in [-0.2, 0) is 14.2 Å². The van der Waals surface area contributed by atoms with Crippen molar-refractivity contribution in [2.24, 2.45) is 0 Å². The number of hydrogen-bond donors (Lipinski definition) is 0. The second-order valence-electron chi connectivity index (χ2n) is 3.72. The van der Waals surface area contributed by atoms with Gasteiger partial charge in [-0.2, -0.15) is 0 Å². The minimum atomic E-state index is -0.119. The fraction of sp³-hybridized carbons (Fsp3) is 1.00. The Hall–Kier alpha value is 0.610. The summed E-state index contributed by atoms with van der Waals surface area (Å²) in [6, 6.07) is 0. The van der Waals surface area contributed by atoms with Crippen LogP contribution in [-0.4, -0.2) is 42.6 Å². The maximum absolute atomic E-state index is 5.96. The van der Waals surface area contributed by atoms with Gasteiger partial charge in [0.15, 0.2) is 0 Å². The first-order valence-corrected chi connectivity index (χ1v) is 6.26. The molecule has 0 saturated carbocycles. The Morgan fingerprint density at radius 3 is 2.46 bits per heavy atom. The number of halogens is 1. The van der Waals surface area contributed by atoms with E-state index in [0.717, 1.165) is 17.3 Å². The summed E-state index contributed by atoms with van der Waals surface area (Å²) in [4.78, 5) is 0. The van der Waals surface area contributed by atoms with Crippen LogP contribution in [0.5, 0.6) is 0 Å². The van der Waals surface area contributed by atoms with Crippen LogP contribution in [0.4, 0.5) is 0 Å². The second kappa shape index (κ2) is 4.42. The normalized spacial score (nSPS) is 33.5. The van der Waals surface area contributed by atoms with Crippen molar-refractivity contribution in [3.63, 3.8) is 0 Å². The Bertz CT molecular complexity index is 166. The molecule has 4 heteroatoms. The Morgan fingerprint density at radius 1 is 1.23 bits per heavy atom. The van der Waals surface area contributed by atoms with Crippen LogP contribution in [0.15, 0.2) is 0 Å². The summed E-state index contributed by atoms with van der Waals surface area (Å²) >= 11 is 2.37. The Balaban J connectivity index is 1.95. The number of hydrogen-bond acceptors (Lipinski definition) is 3. The van der Waals surface area contributed by atoms with E-state index in [9.17, 15) is 0 Å². The molecule has 0 amide bonds. The fourth-order valence-electron chi connectivity index (χ4n) is 1.89. The first-order valence-electron chi connectivity index (χ1n) is 4.74. The molecule has 2 rings (SSSR count). The maximum Gasteiger partial charge on any atom is 0.115 e. The van der Waals surface area contributed by atoms with Crippen LogP contribution in [0.3, 0.4) is 0 Å². The van der Waals surface area contributed by atoms with Gasteiger partial charge in [0.1, 0.15) is 5.60 Å². The van der Waals surface area contributed by atoms with Crippen molar-refractivity contribution >= 4 is 22.6 Å². The number of rotatable bonds is 1. The van der Waals surface area contributed by atoms with Crippen LogP contribution in [0, 0.1) is 0 Å². The summed E-state index contributed by atoms with van der Waals surface area (Å²) in [6.45, 7) is 2.83. The molecular weight excluding hydrogens is 283 g/mol. The van der Waals surface area contributed by atoms with Gasteiger partial charge in [0.05, 0.1) is 32.5 Å². The molecule has 2 saturated heterocycles. The predicted octanol–water partition coefficient (Wildman–Crippen LogP) is 1.39. The van der Waals surface area contributed by atoms with Gasteiger partial charge in [-0.15, -0.1) is 0 Å². The van der Waals surface area contributed by atoms with Crippen molar-refractivity contribution in [3.05, 3.63) is 0 Å². The molecule has 1 spiro atoms. The zero-order chi connectivity index (χ0) is 9.15. The third-order valence-corrected chi connectivity index (χ3v) is 3.60. The van der Waals surface area contributed by atoms with Crippen molar-refractivity contribution < 1.29 is 14.2 Å². The van der Waals surface area contributed by atoms with Gasteiger partial charge in [0.2, 0.25) is 0 Å². The molecule has 3 nitrogen and oxygen atoms in total. The number of ether oxygens (including phenoxy) is 3. The standard InChI is InChI=1S/C9H15IO3/c10-5-8-1-2-9(13-8)6-11-3-4-12-7-9/h8H,1-7H2. The molecule has 0 aliphatic carbocycles. The number of alkyl halides is 1. The summed E-state index contributed by atoms with van der Waals surface area (Å²) in [5.41, 5.74) is -0.119. The smallest absolute Gasteiger partial charge is 0.115 e. The van der Waals surface area contributed by atoms with Gasteiger partial charge in [-0.3, -0.25) is 0 Å². The SMILES string of the molecule is ICC1CCC2(COCCOC2)O1. The summed E-state index contributed by atoms with van der Waals surface area (Å²) in [5, 5.41) is 0. The van der Waals surface area contributed by atoms with Crippen molar-refractivity contribution in [2.45, 2.75) is 24.5 Å². The highest BCUT2D eigenvalue weighted by atomic mass is 127. The summed E-state index contributed by atoms with van der Waals surface area (Å²) in [5.74, 6) is 0. The predicted molar refractivity (Wildman–Crippen MR) is 57.4 cm³/mol. The minimum Gasteiger partial charge on any atom is -0.376 e. The van der Waals surface area contributed by atoms with E-state index >= 15 is 0 Å². The molecule has 0 aromatic carbocycles. The lowest BCUT2D eigenvalue weighted by molar-refractivity contribution is -0.0935. The van der Waals surface area contributed by atoms with Gasteiger partial charge >= 0.3 is 0 Å². The molecule has 0 aromatic rings. The van der Waals surface area contributed by atoms with E-state index in [2.05, 4.69) is 22.6 Å². The Kier molecular flexibility index (Phi) is 3.45. The maximum atomic E-state index is 5.96. The first-order chi connectivity index (χ1) is 6.35. The largest absolute Gasteiger partial charge is 0.376 e. The van der Waals surface area contributed by atoms with Crippen LogP contribution in [0.25, 0.3) is 0 Å². The molecule has 2 heterocycles. The van der Waals surface area contributed by atoms with Gasteiger partial charge in [-0.25, -0.2) is 0 Å². The molecule has 0 N–H and O–H groups in total. The quantitative estimate of drug-likeness (QED) is 0.541. The lowest BCUT2D eigenvalue weighted by Crippen LogP contribution is -2.38. The molecule has 0 radical (unpaired) electrons. The summed E-state index contributed by atoms with van der Waals surface area (Å²) in [7, 11) is 0. The molecule has 2 aliphatic heterocycles. The highest BCUT2D eigenvalue weighted by Crippen LogP contribution is 2.32. The molecule has 2 aliphatic rings. The van der Waals surface area contributed by atoms with Crippen LogP contribution < -0.4 is 0 Å². The third-order valence-electron chi connectivity index (χ3n) is 2.61. The molecule has 2 fully saturated rings. The van der Waals surface area contributed by atoms with Crippen LogP contribution in [0.2, 0.25) is 0 Å². The molecular formula is C9H15IO3. The monoisotopic (exact) mass is 298 g/mol. The van der Waals surface area contributed by atoms with Crippen molar-refractivity contribution in [3.8, 4) is 0 Å². The van der Waals surface area contributed by atoms with Crippen molar-refractivity contribution in [1.82, 2.24) is 0 Å². The Morgan fingerprint density at radius 2 is 1.92 bits per heavy atom. The van der Waals surface area contributed by atoms with Gasteiger partial charge in [-0.1, -0.05) is 22.6 Å². The van der Waals surface area contributed by atoms with Crippen molar-refractivity contribution in [1.29, 1.82) is 0 Å². The highest BCUT2D eigenvalue weighted by Gasteiger charge is 2.41. The van der Waals surface area contributed by atoms with E-state index in [0.29, 0.717) is 32.5 Å². The van der Waals surface area contributed by atoms with Crippen molar-refractivity contribution in [2.75, 3.05) is 30.9 Å². The fourth-order valence-corrected chi connectivity index (χ4v) is 2.51. The Labute approximate surface area is 92.2 Å². The minimum absolute atomic E-state index is 0.119. The topological polar surface area (TPSA) is 27.7 Å². The molecule has 0 aromatic heterocycles. The zero-order valence-electron chi connectivity index (χ0n) is 7.63. The lowest BCUT2D eigenvalue weighted by Gasteiger charge is -2.26. The van der Waals surface area contributed by atoms with Crippen LogP contribution >= 0.6 is 22.6 Å². The molecule has 0 bridgehead atoms. The first kappa shape index (κ1) is 10.1. The summed E-state index contributed by atoms with van der Waals surface area (Å²) in [6.07, 6.45) is 2.64. The molecule has 76 valence electrons. The van der Waals surface area contributed by atoms with Gasteiger partial charge in [-0.05, 0) is 12.8 Å². The molecule has 13 heavy (non-hydrogen) atoms. The molecule has 1 unspecified atom stereocenters. The third kappa shape index (κ3) is 2.34.